The van der Waals surface area contributed by atoms with Gasteiger partial charge in [0.1, 0.15) is 11.9 Å². The number of pyridine rings is 1. The van der Waals surface area contributed by atoms with E-state index < -0.39 is 0 Å². The molecule has 0 aromatic carbocycles. The second-order valence-electron chi connectivity index (χ2n) is 5.40. The number of aromatic nitrogens is 3. The molecule has 22 heavy (non-hydrogen) atoms. The molecule has 116 valence electrons. The minimum Gasteiger partial charge on any atom is -0.506 e. The predicted molar refractivity (Wildman–Crippen MR) is 78.4 cm³/mol. The van der Waals surface area contributed by atoms with E-state index in [0.717, 1.165) is 17.7 Å². The lowest BCUT2D eigenvalue weighted by atomic mass is 10.0. The summed E-state index contributed by atoms with van der Waals surface area (Å²) < 4.78 is 7.56. The van der Waals surface area contributed by atoms with Crippen molar-refractivity contribution in [1.82, 2.24) is 20.1 Å². The van der Waals surface area contributed by atoms with Crippen molar-refractivity contribution in [3.63, 3.8) is 0 Å². The zero-order chi connectivity index (χ0) is 15.7. The number of nitrogens with zero attached hydrogens (tertiary/aromatic N) is 3. The number of aryl methyl sites for hydroxylation is 1. The first-order chi connectivity index (χ1) is 10.6. The van der Waals surface area contributed by atoms with Gasteiger partial charge in [0.2, 0.25) is 0 Å². The van der Waals surface area contributed by atoms with Gasteiger partial charge in [0.25, 0.3) is 5.91 Å². The van der Waals surface area contributed by atoms with Gasteiger partial charge >= 0.3 is 0 Å². The van der Waals surface area contributed by atoms with E-state index in [1.165, 1.54) is 18.5 Å². The van der Waals surface area contributed by atoms with Crippen molar-refractivity contribution in [1.29, 1.82) is 0 Å². The fraction of sp³-hybridized carbons (Fsp3) is 0.400. The van der Waals surface area contributed by atoms with E-state index in [9.17, 15) is 9.90 Å². The summed E-state index contributed by atoms with van der Waals surface area (Å²) in [4.78, 5) is 16.1. The van der Waals surface area contributed by atoms with Crippen LogP contribution in [0.15, 0.2) is 24.7 Å². The van der Waals surface area contributed by atoms with E-state index >= 15 is 0 Å². The zero-order valence-electron chi connectivity index (χ0n) is 12.5. The highest BCUT2D eigenvalue weighted by atomic mass is 16.5. The molecule has 1 aliphatic heterocycles. The van der Waals surface area contributed by atoms with Gasteiger partial charge in [0.15, 0.2) is 0 Å². The molecular formula is C15H18N4O3. The van der Waals surface area contributed by atoms with Crippen LogP contribution in [0.1, 0.15) is 34.1 Å². The van der Waals surface area contributed by atoms with Gasteiger partial charge in [-0.1, -0.05) is 0 Å². The van der Waals surface area contributed by atoms with Crippen LogP contribution in [0, 0.1) is 6.92 Å². The average molecular weight is 302 g/mol. The van der Waals surface area contributed by atoms with E-state index in [1.807, 2.05) is 14.0 Å². The number of hydrogen-bond acceptors (Lipinski definition) is 5. The third-order valence-corrected chi connectivity index (χ3v) is 3.97. The quantitative estimate of drug-likeness (QED) is 0.886. The van der Waals surface area contributed by atoms with Crippen molar-refractivity contribution in [3.05, 3.63) is 41.5 Å². The zero-order valence-corrected chi connectivity index (χ0v) is 12.5. The topological polar surface area (TPSA) is 89.3 Å². The highest BCUT2D eigenvalue weighted by Gasteiger charge is 2.33. The summed E-state index contributed by atoms with van der Waals surface area (Å²) in [6, 6.07) is 1.26. The molecule has 1 aliphatic rings. The Balaban J connectivity index is 1.77. The maximum absolute atomic E-state index is 12.3. The fourth-order valence-corrected chi connectivity index (χ4v) is 2.64. The Bertz CT molecular complexity index is 698. The van der Waals surface area contributed by atoms with Crippen molar-refractivity contribution in [2.45, 2.75) is 25.5 Å². The second kappa shape index (κ2) is 5.76. The first-order valence-corrected chi connectivity index (χ1v) is 7.11. The molecule has 3 heterocycles. The van der Waals surface area contributed by atoms with Gasteiger partial charge in [-0.3, -0.25) is 14.5 Å². The molecular weight excluding hydrogens is 284 g/mol. The molecule has 2 aromatic rings. The molecule has 0 saturated carbocycles. The highest BCUT2D eigenvalue weighted by Crippen LogP contribution is 2.31. The van der Waals surface area contributed by atoms with Crippen LogP contribution in [-0.2, 0) is 11.8 Å². The molecule has 0 radical (unpaired) electrons. The summed E-state index contributed by atoms with van der Waals surface area (Å²) in [6.45, 7) is 2.56. The fourth-order valence-electron chi connectivity index (χ4n) is 2.64. The molecule has 7 nitrogen and oxygen atoms in total. The molecule has 1 amide bonds. The van der Waals surface area contributed by atoms with Crippen molar-refractivity contribution >= 4 is 5.91 Å². The maximum Gasteiger partial charge on any atom is 0.253 e. The Morgan fingerprint density at radius 1 is 1.45 bits per heavy atom. The summed E-state index contributed by atoms with van der Waals surface area (Å²) in [5, 5.41) is 16.6. The molecule has 7 heteroatoms. The number of amides is 1. The van der Waals surface area contributed by atoms with Gasteiger partial charge in [0.05, 0.1) is 24.0 Å². The van der Waals surface area contributed by atoms with E-state index in [1.54, 1.807) is 10.9 Å². The van der Waals surface area contributed by atoms with Crippen molar-refractivity contribution in [3.8, 4) is 5.75 Å². The van der Waals surface area contributed by atoms with Gasteiger partial charge in [-0.05, 0) is 19.4 Å². The molecule has 2 aromatic heterocycles. The second-order valence-corrected chi connectivity index (χ2v) is 5.40. The van der Waals surface area contributed by atoms with Crippen molar-refractivity contribution < 1.29 is 14.6 Å². The van der Waals surface area contributed by atoms with Crippen LogP contribution in [0.4, 0.5) is 0 Å². The number of rotatable bonds is 3. The standard InChI is InChI=1S/C15H18N4O3/c1-9-12(8-17-19(9)2)14-13(3-4-22-14)18-15(21)10-5-11(20)7-16-6-10/h5-8,13-14,20H,3-4H2,1-2H3,(H,18,21)/t13-,14+/m0/s1. The summed E-state index contributed by atoms with van der Waals surface area (Å²) in [7, 11) is 1.87. The number of nitrogens with one attached hydrogen (secondary N) is 1. The molecule has 2 atom stereocenters. The smallest absolute Gasteiger partial charge is 0.253 e. The largest absolute Gasteiger partial charge is 0.506 e. The number of hydrogen-bond donors (Lipinski definition) is 2. The first kappa shape index (κ1) is 14.5. The third-order valence-electron chi connectivity index (χ3n) is 3.97. The lowest BCUT2D eigenvalue weighted by Crippen LogP contribution is -2.37. The minimum absolute atomic E-state index is 0.0324. The van der Waals surface area contributed by atoms with Gasteiger partial charge < -0.3 is 15.2 Å². The highest BCUT2D eigenvalue weighted by molar-refractivity contribution is 5.94. The summed E-state index contributed by atoms with van der Waals surface area (Å²) in [6.07, 6.45) is 5.02. The monoisotopic (exact) mass is 302 g/mol. The lowest BCUT2D eigenvalue weighted by Gasteiger charge is -2.19. The van der Waals surface area contributed by atoms with E-state index in [2.05, 4.69) is 15.4 Å². The van der Waals surface area contributed by atoms with Crippen LogP contribution in [0.25, 0.3) is 0 Å². The normalized spacial score (nSPS) is 21.0. The Hall–Kier alpha value is -2.41. The van der Waals surface area contributed by atoms with Crippen LogP contribution in [0.5, 0.6) is 5.75 Å². The van der Waals surface area contributed by atoms with E-state index in [-0.39, 0.29) is 23.8 Å². The molecule has 2 N–H and O–H groups in total. The third kappa shape index (κ3) is 2.67. The number of carbonyl (C=O) groups is 1. The maximum atomic E-state index is 12.3. The predicted octanol–water partition coefficient (Wildman–Crippen LogP) is 1.09. The van der Waals surface area contributed by atoms with Crippen molar-refractivity contribution in [2.75, 3.05) is 6.61 Å². The Kier molecular flexibility index (Phi) is 3.81. The average Bonchev–Trinajstić information content (AvgIpc) is 3.07. The van der Waals surface area contributed by atoms with E-state index in [4.69, 9.17) is 4.74 Å². The number of aromatic hydroxyl groups is 1. The Labute approximate surface area is 127 Å². The molecule has 0 spiro atoms. The van der Waals surface area contributed by atoms with Gasteiger partial charge in [-0.15, -0.1) is 0 Å². The molecule has 0 unspecified atom stereocenters. The molecule has 0 bridgehead atoms. The van der Waals surface area contributed by atoms with E-state index in [0.29, 0.717) is 12.2 Å². The van der Waals surface area contributed by atoms with Gasteiger partial charge in [-0.2, -0.15) is 5.10 Å². The number of ether oxygens (including phenoxy) is 1. The van der Waals surface area contributed by atoms with Gasteiger partial charge in [0, 0.05) is 31.1 Å². The Morgan fingerprint density at radius 2 is 2.27 bits per heavy atom. The molecule has 3 rings (SSSR count). The van der Waals surface area contributed by atoms with Crippen molar-refractivity contribution in [2.24, 2.45) is 7.05 Å². The van der Waals surface area contributed by atoms with Crippen LogP contribution in [0.3, 0.4) is 0 Å². The molecule has 1 fully saturated rings. The lowest BCUT2D eigenvalue weighted by molar-refractivity contribution is 0.0818. The van der Waals surface area contributed by atoms with Crippen LogP contribution in [0.2, 0.25) is 0 Å². The van der Waals surface area contributed by atoms with Crippen LogP contribution in [-0.4, -0.2) is 38.4 Å². The van der Waals surface area contributed by atoms with Gasteiger partial charge in [-0.25, -0.2) is 0 Å². The Morgan fingerprint density at radius 3 is 2.95 bits per heavy atom. The SMILES string of the molecule is Cc1c([C@H]2OCC[C@@H]2NC(=O)c2cncc(O)c2)cnn1C. The summed E-state index contributed by atoms with van der Waals surface area (Å²) in [5.41, 5.74) is 2.33. The summed E-state index contributed by atoms with van der Waals surface area (Å²) >= 11 is 0. The van der Waals surface area contributed by atoms with Crippen LogP contribution < -0.4 is 5.32 Å². The molecule has 0 aliphatic carbocycles. The number of carbonyl (C=O) groups excluding carboxylic acids is 1. The van der Waals surface area contributed by atoms with Crippen LogP contribution >= 0.6 is 0 Å². The first-order valence-electron chi connectivity index (χ1n) is 7.11. The molecule has 1 saturated heterocycles. The minimum atomic E-state index is -0.273. The summed E-state index contributed by atoms with van der Waals surface area (Å²) in [5.74, 6) is -0.305.